The third-order valence-corrected chi connectivity index (χ3v) is 3.46. The maximum atomic E-state index is 12.0. The van der Waals surface area contributed by atoms with Crippen molar-refractivity contribution in [2.24, 2.45) is 11.7 Å². The fraction of sp³-hybridized carbons (Fsp3) is 0.500. The van der Waals surface area contributed by atoms with Gasteiger partial charge in [-0.2, -0.15) is 0 Å². The first-order chi connectivity index (χ1) is 8.06. The molecule has 3 nitrogen and oxygen atoms in total. The van der Waals surface area contributed by atoms with Gasteiger partial charge in [0.15, 0.2) is 0 Å². The second-order valence-corrected chi connectivity index (χ2v) is 5.13. The topological polar surface area (TPSA) is 55.1 Å². The van der Waals surface area contributed by atoms with Crippen LogP contribution in [0.2, 0.25) is 0 Å². The van der Waals surface area contributed by atoms with Crippen molar-refractivity contribution in [2.45, 2.75) is 32.7 Å². The van der Waals surface area contributed by atoms with Crippen molar-refractivity contribution in [1.29, 1.82) is 0 Å². The van der Waals surface area contributed by atoms with E-state index in [-0.39, 0.29) is 5.91 Å². The Bertz CT molecular complexity index is 422. The van der Waals surface area contributed by atoms with E-state index in [4.69, 9.17) is 5.73 Å². The molecule has 0 aromatic heterocycles. The standard InChI is InChI=1S/C14H20N2O/c1-9-3-4-10(2)13(5-9)14(17)16-8-11-6-12(15)7-11/h3-5,11-12H,6-8,15H2,1-2H3,(H,16,17). The van der Waals surface area contributed by atoms with Crippen LogP contribution in [0, 0.1) is 19.8 Å². The van der Waals surface area contributed by atoms with E-state index >= 15 is 0 Å². The summed E-state index contributed by atoms with van der Waals surface area (Å²) in [7, 11) is 0. The molecule has 2 rings (SSSR count). The van der Waals surface area contributed by atoms with Crippen LogP contribution in [0.15, 0.2) is 18.2 Å². The van der Waals surface area contributed by atoms with Crippen molar-refractivity contribution >= 4 is 5.91 Å². The molecule has 3 N–H and O–H groups in total. The Kier molecular flexibility index (Phi) is 3.48. The summed E-state index contributed by atoms with van der Waals surface area (Å²) in [6, 6.07) is 6.30. The van der Waals surface area contributed by atoms with Gasteiger partial charge in [0.2, 0.25) is 0 Å². The first-order valence-corrected chi connectivity index (χ1v) is 6.17. The first-order valence-electron chi connectivity index (χ1n) is 6.17. The maximum Gasteiger partial charge on any atom is 0.251 e. The zero-order chi connectivity index (χ0) is 12.4. The highest BCUT2D eigenvalue weighted by Crippen LogP contribution is 2.24. The lowest BCUT2D eigenvalue weighted by Crippen LogP contribution is -2.42. The predicted molar refractivity (Wildman–Crippen MR) is 68.9 cm³/mol. The summed E-state index contributed by atoms with van der Waals surface area (Å²) in [6.45, 7) is 4.72. The van der Waals surface area contributed by atoms with Crippen LogP contribution in [0.25, 0.3) is 0 Å². The van der Waals surface area contributed by atoms with Crippen molar-refractivity contribution < 1.29 is 4.79 Å². The molecule has 0 bridgehead atoms. The van der Waals surface area contributed by atoms with Crippen LogP contribution in [-0.2, 0) is 0 Å². The number of carbonyl (C=O) groups is 1. The van der Waals surface area contributed by atoms with Crippen LogP contribution >= 0.6 is 0 Å². The Labute approximate surface area is 102 Å². The van der Waals surface area contributed by atoms with Gasteiger partial charge in [-0.3, -0.25) is 4.79 Å². The summed E-state index contributed by atoms with van der Waals surface area (Å²) in [4.78, 5) is 12.0. The minimum Gasteiger partial charge on any atom is -0.352 e. The molecule has 1 saturated carbocycles. The number of hydrogen-bond donors (Lipinski definition) is 2. The van der Waals surface area contributed by atoms with Gasteiger partial charge < -0.3 is 11.1 Å². The van der Waals surface area contributed by atoms with Crippen LogP contribution in [0.4, 0.5) is 0 Å². The predicted octanol–water partition coefficient (Wildman–Crippen LogP) is 1.77. The minimum atomic E-state index is 0.0340. The highest BCUT2D eigenvalue weighted by atomic mass is 16.1. The molecule has 0 atom stereocenters. The number of nitrogens with two attached hydrogens (primary N) is 1. The van der Waals surface area contributed by atoms with E-state index in [0.29, 0.717) is 12.0 Å². The maximum absolute atomic E-state index is 12.0. The van der Waals surface area contributed by atoms with Crippen molar-refractivity contribution in [3.8, 4) is 0 Å². The van der Waals surface area contributed by atoms with E-state index in [1.807, 2.05) is 32.0 Å². The quantitative estimate of drug-likeness (QED) is 0.834. The third kappa shape index (κ3) is 2.86. The summed E-state index contributed by atoms with van der Waals surface area (Å²) >= 11 is 0. The van der Waals surface area contributed by atoms with Crippen LogP contribution in [0.1, 0.15) is 34.3 Å². The van der Waals surface area contributed by atoms with Crippen molar-refractivity contribution in [3.05, 3.63) is 34.9 Å². The number of benzene rings is 1. The summed E-state index contributed by atoms with van der Waals surface area (Å²) in [5, 5.41) is 3.00. The molecule has 0 heterocycles. The largest absolute Gasteiger partial charge is 0.352 e. The summed E-state index contributed by atoms with van der Waals surface area (Å²) in [5.41, 5.74) is 8.65. The molecule has 3 heteroatoms. The molecule has 1 fully saturated rings. The number of aryl methyl sites for hydroxylation is 2. The van der Waals surface area contributed by atoms with Gasteiger partial charge >= 0.3 is 0 Å². The third-order valence-electron chi connectivity index (χ3n) is 3.46. The number of carbonyl (C=O) groups excluding carboxylic acids is 1. The van der Waals surface area contributed by atoms with Crippen molar-refractivity contribution in [2.75, 3.05) is 6.54 Å². The zero-order valence-corrected chi connectivity index (χ0v) is 10.5. The van der Waals surface area contributed by atoms with Crippen LogP contribution < -0.4 is 11.1 Å². The molecule has 0 unspecified atom stereocenters. The first kappa shape index (κ1) is 12.1. The molecule has 0 radical (unpaired) electrons. The number of rotatable bonds is 3. The van der Waals surface area contributed by atoms with E-state index in [0.717, 1.165) is 36.1 Å². The fourth-order valence-electron chi connectivity index (χ4n) is 2.27. The summed E-state index contributed by atoms with van der Waals surface area (Å²) in [6.07, 6.45) is 2.07. The Balaban J connectivity index is 1.92. The fourth-order valence-corrected chi connectivity index (χ4v) is 2.27. The lowest BCUT2D eigenvalue weighted by Gasteiger charge is -2.32. The highest BCUT2D eigenvalue weighted by molar-refractivity contribution is 5.95. The summed E-state index contributed by atoms with van der Waals surface area (Å²) in [5.74, 6) is 0.603. The van der Waals surface area contributed by atoms with Gasteiger partial charge in [-0.25, -0.2) is 0 Å². The van der Waals surface area contributed by atoms with Gasteiger partial charge in [-0.15, -0.1) is 0 Å². The second-order valence-electron chi connectivity index (χ2n) is 5.13. The van der Waals surface area contributed by atoms with Crippen molar-refractivity contribution in [1.82, 2.24) is 5.32 Å². The molecule has 1 amide bonds. The number of amides is 1. The summed E-state index contributed by atoms with van der Waals surface area (Å²) < 4.78 is 0. The lowest BCUT2D eigenvalue weighted by molar-refractivity contribution is 0.0934. The van der Waals surface area contributed by atoms with E-state index in [2.05, 4.69) is 5.32 Å². The second kappa shape index (κ2) is 4.88. The van der Waals surface area contributed by atoms with Gasteiger partial charge in [0, 0.05) is 18.2 Å². The monoisotopic (exact) mass is 232 g/mol. The Morgan fingerprint density at radius 1 is 1.41 bits per heavy atom. The molecule has 17 heavy (non-hydrogen) atoms. The number of nitrogens with one attached hydrogen (secondary N) is 1. The van der Waals surface area contributed by atoms with Crippen molar-refractivity contribution in [3.63, 3.8) is 0 Å². The van der Waals surface area contributed by atoms with E-state index in [1.54, 1.807) is 0 Å². The van der Waals surface area contributed by atoms with E-state index < -0.39 is 0 Å². The van der Waals surface area contributed by atoms with Gasteiger partial charge in [-0.1, -0.05) is 17.7 Å². The average molecular weight is 232 g/mol. The Morgan fingerprint density at radius 3 is 2.76 bits per heavy atom. The van der Waals surface area contributed by atoms with Crippen LogP contribution in [-0.4, -0.2) is 18.5 Å². The molecule has 1 aliphatic carbocycles. The Hall–Kier alpha value is -1.35. The van der Waals surface area contributed by atoms with Crippen LogP contribution in [0.5, 0.6) is 0 Å². The molecular weight excluding hydrogens is 212 g/mol. The van der Waals surface area contributed by atoms with Crippen LogP contribution in [0.3, 0.4) is 0 Å². The number of hydrogen-bond acceptors (Lipinski definition) is 2. The van der Waals surface area contributed by atoms with Gasteiger partial charge in [0.25, 0.3) is 5.91 Å². The zero-order valence-electron chi connectivity index (χ0n) is 10.5. The minimum absolute atomic E-state index is 0.0340. The van der Waals surface area contributed by atoms with E-state index in [9.17, 15) is 4.79 Å². The molecule has 1 aromatic rings. The Morgan fingerprint density at radius 2 is 2.12 bits per heavy atom. The SMILES string of the molecule is Cc1ccc(C)c(C(=O)NCC2CC(N)C2)c1. The lowest BCUT2D eigenvalue weighted by atomic mass is 9.81. The highest BCUT2D eigenvalue weighted by Gasteiger charge is 2.26. The molecular formula is C14H20N2O. The molecule has 0 aliphatic heterocycles. The molecule has 92 valence electrons. The van der Waals surface area contributed by atoms with Gasteiger partial charge in [-0.05, 0) is 44.2 Å². The molecule has 1 aliphatic rings. The normalized spacial score (nSPS) is 23.0. The smallest absolute Gasteiger partial charge is 0.251 e. The average Bonchev–Trinajstić information content (AvgIpc) is 2.26. The molecule has 0 saturated heterocycles. The molecule has 1 aromatic carbocycles. The van der Waals surface area contributed by atoms with Gasteiger partial charge in [0.05, 0.1) is 0 Å². The van der Waals surface area contributed by atoms with Gasteiger partial charge in [0.1, 0.15) is 0 Å². The molecule has 0 spiro atoms. The van der Waals surface area contributed by atoms with E-state index in [1.165, 1.54) is 0 Å².